The SMILES string of the molecule is Cc1nc(Cl)nc(NC(C)(C)CC(C)C)n1. The van der Waals surface area contributed by atoms with E-state index in [1.807, 2.05) is 0 Å². The van der Waals surface area contributed by atoms with Gasteiger partial charge in [0.2, 0.25) is 11.2 Å². The van der Waals surface area contributed by atoms with Crippen LogP contribution < -0.4 is 5.32 Å². The third kappa shape index (κ3) is 4.31. The minimum atomic E-state index is -0.0503. The molecule has 0 saturated carbocycles. The van der Waals surface area contributed by atoms with Crippen LogP contribution in [0.15, 0.2) is 0 Å². The molecule has 0 aliphatic heterocycles. The molecule has 0 atom stereocenters. The monoisotopic (exact) mass is 242 g/mol. The second kappa shape index (κ2) is 4.95. The maximum Gasteiger partial charge on any atom is 0.227 e. The van der Waals surface area contributed by atoms with Gasteiger partial charge in [-0.2, -0.15) is 9.97 Å². The zero-order chi connectivity index (χ0) is 12.3. The van der Waals surface area contributed by atoms with Gasteiger partial charge in [0.05, 0.1) is 0 Å². The summed E-state index contributed by atoms with van der Waals surface area (Å²) in [5.41, 5.74) is -0.0503. The second-order valence-corrected chi connectivity index (χ2v) is 5.42. The summed E-state index contributed by atoms with van der Waals surface area (Å²) < 4.78 is 0. The van der Waals surface area contributed by atoms with Crippen LogP contribution in [-0.4, -0.2) is 20.5 Å². The van der Waals surface area contributed by atoms with Crippen LogP contribution >= 0.6 is 11.6 Å². The molecule has 0 saturated heterocycles. The summed E-state index contributed by atoms with van der Waals surface area (Å²) >= 11 is 5.78. The third-order valence-corrected chi connectivity index (χ3v) is 2.26. The summed E-state index contributed by atoms with van der Waals surface area (Å²) in [6.07, 6.45) is 1.04. The van der Waals surface area contributed by atoms with Crippen molar-refractivity contribution in [2.75, 3.05) is 5.32 Å². The Morgan fingerprint density at radius 3 is 2.38 bits per heavy atom. The van der Waals surface area contributed by atoms with Crippen LogP contribution in [0.2, 0.25) is 5.28 Å². The third-order valence-electron chi connectivity index (χ3n) is 2.09. The Labute approximate surface area is 102 Å². The molecule has 0 unspecified atom stereocenters. The fourth-order valence-electron chi connectivity index (χ4n) is 1.88. The molecule has 4 nitrogen and oxygen atoms in total. The van der Waals surface area contributed by atoms with Gasteiger partial charge < -0.3 is 5.32 Å². The van der Waals surface area contributed by atoms with Gasteiger partial charge in [0.25, 0.3) is 0 Å². The van der Waals surface area contributed by atoms with Crippen molar-refractivity contribution in [3.63, 3.8) is 0 Å². The summed E-state index contributed by atoms with van der Waals surface area (Å²) in [7, 11) is 0. The van der Waals surface area contributed by atoms with Gasteiger partial charge in [-0.25, -0.2) is 4.98 Å². The first-order valence-corrected chi connectivity index (χ1v) is 5.83. The van der Waals surface area contributed by atoms with Gasteiger partial charge in [-0.15, -0.1) is 0 Å². The summed E-state index contributed by atoms with van der Waals surface area (Å²) in [6.45, 7) is 10.4. The van der Waals surface area contributed by atoms with E-state index in [9.17, 15) is 0 Å². The first-order valence-electron chi connectivity index (χ1n) is 5.45. The van der Waals surface area contributed by atoms with Crippen molar-refractivity contribution in [2.24, 2.45) is 5.92 Å². The fraction of sp³-hybridized carbons (Fsp3) is 0.727. The Bertz CT molecular complexity index is 343. The first-order chi connectivity index (χ1) is 7.28. The topological polar surface area (TPSA) is 50.7 Å². The van der Waals surface area contributed by atoms with Crippen molar-refractivity contribution in [3.8, 4) is 0 Å². The first kappa shape index (κ1) is 13.2. The molecule has 5 heteroatoms. The standard InChI is InChI=1S/C11H19ClN4/c1-7(2)6-11(4,5)16-10-14-8(3)13-9(12)15-10/h7H,6H2,1-5H3,(H,13,14,15,16). The Hall–Kier alpha value is -0.900. The lowest BCUT2D eigenvalue weighted by atomic mass is 9.93. The summed E-state index contributed by atoms with van der Waals surface area (Å²) in [5.74, 6) is 1.78. The normalized spacial score (nSPS) is 11.9. The van der Waals surface area contributed by atoms with Crippen molar-refractivity contribution >= 4 is 17.5 Å². The molecule has 0 aliphatic rings. The van der Waals surface area contributed by atoms with Gasteiger partial charge in [0.1, 0.15) is 5.82 Å². The molecular weight excluding hydrogens is 224 g/mol. The van der Waals surface area contributed by atoms with Crippen LogP contribution in [0.25, 0.3) is 0 Å². The molecule has 16 heavy (non-hydrogen) atoms. The lowest BCUT2D eigenvalue weighted by Crippen LogP contribution is -2.33. The number of anilines is 1. The quantitative estimate of drug-likeness (QED) is 0.882. The number of hydrogen-bond acceptors (Lipinski definition) is 4. The molecule has 1 rings (SSSR count). The van der Waals surface area contributed by atoms with Crippen molar-refractivity contribution in [1.29, 1.82) is 0 Å². The van der Waals surface area contributed by atoms with Gasteiger partial charge in [-0.1, -0.05) is 13.8 Å². The Kier molecular flexibility index (Phi) is 4.08. The highest BCUT2D eigenvalue weighted by Gasteiger charge is 2.20. The van der Waals surface area contributed by atoms with Gasteiger partial charge in [-0.05, 0) is 44.7 Å². The molecule has 90 valence electrons. The van der Waals surface area contributed by atoms with Crippen LogP contribution in [0.3, 0.4) is 0 Å². The zero-order valence-corrected chi connectivity index (χ0v) is 11.3. The van der Waals surface area contributed by atoms with E-state index < -0.39 is 0 Å². The molecule has 0 aromatic carbocycles. The van der Waals surface area contributed by atoms with E-state index in [2.05, 4.69) is 48.0 Å². The van der Waals surface area contributed by atoms with E-state index in [-0.39, 0.29) is 10.8 Å². The number of halogens is 1. The smallest absolute Gasteiger partial charge is 0.227 e. The van der Waals surface area contributed by atoms with Crippen LogP contribution in [-0.2, 0) is 0 Å². The van der Waals surface area contributed by atoms with E-state index in [4.69, 9.17) is 11.6 Å². The molecule has 0 spiro atoms. The highest BCUT2D eigenvalue weighted by molar-refractivity contribution is 6.28. The summed E-state index contributed by atoms with van der Waals surface area (Å²) in [4.78, 5) is 12.2. The highest BCUT2D eigenvalue weighted by atomic mass is 35.5. The number of nitrogens with zero attached hydrogens (tertiary/aromatic N) is 3. The second-order valence-electron chi connectivity index (χ2n) is 5.08. The maximum atomic E-state index is 5.78. The van der Waals surface area contributed by atoms with Crippen LogP contribution in [0.5, 0.6) is 0 Å². The minimum Gasteiger partial charge on any atom is -0.349 e. The van der Waals surface area contributed by atoms with E-state index in [1.54, 1.807) is 6.92 Å². The number of rotatable bonds is 4. The summed E-state index contributed by atoms with van der Waals surface area (Å²) in [6, 6.07) is 0. The Balaban J connectivity index is 2.79. The number of nitrogens with one attached hydrogen (secondary N) is 1. The average Bonchev–Trinajstić information content (AvgIpc) is 1.95. The Morgan fingerprint density at radius 1 is 1.25 bits per heavy atom. The largest absolute Gasteiger partial charge is 0.349 e. The van der Waals surface area contributed by atoms with E-state index in [0.717, 1.165) is 6.42 Å². The van der Waals surface area contributed by atoms with Crippen molar-refractivity contribution in [2.45, 2.75) is 46.6 Å². The van der Waals surface area contributed by atoms with Crippen LogP contribution in [0.4, 0.5) is 5.95 Å². The van der Waals surface area contributed by atoms with Crippen LogP contribution in [0, 0.1) is 12.8 Å². The Morgan fingerprint density at radius 2 is 1.88 bits per heavy atom. The predicted molar refractivity (Wildman–Crippen MR) is 66.7 cm³/mol. The van der Waals surface area contributed by atoms with Gasteiger partial charge in [0.15, 0.2) is 0 Å². The molecular formula is C11H19ClN4. The van der Waals surface area contributed by atoms with Gasteiger partial charge in [-0.3, -0.25) is 0 Å². The molecule has 0 bridgehead atoms. The minimum absolute atomic E-state index is 0.0503. The molecule has 1 aromatic heterocycles. The maximum absolute atomic E-state index is 5.78. The number of hydrogen-bond donors (Lipinski definition) is 1. The van der Waals surface area contributed by atoms with E-state index >= 15 is 0 Å². The lowest BCUT2D eigenvalue weighted by molar-refractivity contribution is 0.426. The molecule has 0 radical (unpaired) electrons. The highest BCUT2D eigenvalue weighted by Crippen LogP contribution is 2.20. The molecule has 1 N–H and O–H groups in total. The summed E-state index contributed by atoms with van der Waals surface area (Å²) in [5, 5.41) is 3.52. The molecule has 0 aliphatic carbocycles. The van der Waals surface area contributed by atoms with Gasteiger partial charge in [0, 0.05) is 5.54 Å². The average molecular weight is 243 g/mol. The molecule has 0 amide bonds. The predicted octanol–water partition coefficient (Wildman–Crippen LogP) is 3.07. The van der Waals surface area contributed by atoms with Crippen molar-refractivity contribution in [3.05, 3.63) is 11.1 Å². The lowest BCUT2D eigenvalue weighted by Gasteiger charge is -2.28. The molecule has 1 heterocycles. The van der Waals surface area contributed by atoms with E-state index in [1.165, 1.54) is 0 Å². The van der Waals surface area contributed by atoms with Gasteiger partial charge >= 0.3 is 0 Å². The van der Waals surface area contributed by atoms with Crippen molar-refractivity contribution in [1.82, 2.24) is 15.0 Å². The number of aryl methyl sites for hydroxylation is 1. The number of aromatic nitrogens is 3. The molecule has 0 fully saturated rings. The fourth-order valence-corrected chi connectivity index (χ4v) is 2.08. The van der Waals surface area contributed by atoms with Crippen molar-refractivity contribution < 1.29 is 0 Å². The molecule has 1 aromatic rings. The van der Waals surface area contributed by atoms with Crippen LogP contribution in [0.1, 0.15) is 39.9 Å². The zero-order valence-electron chi connectivity index (χ0n) is 10.5. The van der Waals surface area contributed by atoms with E-state index in [0.29, 0.717) is 17.7 Å².